The van der Waals surface area contributed by atoms with Crippen LogP contribution in [0.1, 0.15) is 6.92 Å². The lowest BCUT2D eigenvalue weighted by Crippen LogP contribution is -2.17. The molecule has 0 heterocycles. The van der Waals surface area contributed by atoms with Crippen LogP contribution in [0.15, 0.2) is 29.2 Å². The molecule has 0 saturated heterocycles. The maximum absolute atomic E-state index is 8.88. The number of rotatable bonds is 4. The third kappa shape index (κ3) is 2.94. The van der Waals surface area contributed by atoms with Crippen molar-refractivity contribution in [2.75, 3.05) is 24.4 Å². The third-order valence-electron chi connectivity index (χ3n) is 1.80. The Hall–Kier alpha value is -0.670. The van der Waals surface area contributed by atoms with E-state index in [1.807, 2.05) is 30.9 Å². The first kappa shape index (κ1) is 10.4. The first-order valence-corrected chi connectivity index (χ1v) is 5.31. The zero-order chi connectivity index (χ0) is 9.68. The standard InChI is InChI=1S/C10H15NOS/c1-3-13-10-6-4-9(5-7-10)11(2)8-12/h4-7,12H,3,8H2,1-2H3. The van der Waals surface area contributed by atoms with E-state index in [1.54, 1.807) is 4.90 Å². The molecule has 1 aromatic carbocycles. The van der Waals surface area contributed by atoms with Gasteiger partial charge in [-0.1, -0.05) is 6.92 Å². The molecule has 0 bridgehead atoms. The Morgan fingerprint density at radius 1 is 1.31 bits per heavy atom. The molecule has 0 saturated carbocycles. The number of anilines is 1. The second kappa shape index (κ2) is 5.14. The molecule has 0 aliphatic heterocycles. The van der Waals surface area contributed by atoms with Gasteiger partial charge in [0.2, 0.25) is 0 Å². The lowest BCUT2D eigenvalue weighted by atomic mass is 10.3. The van der Waals surface area contributed by atoms with Crippen LogP contribution in [-0.4, -0.2) is 24.6 Å². The van der Waals surface area contributed by atoms with Gasteiger partial charge in [0.25, 0.3) is 0 Å². The fraction of sp³-hybridized carbons (Fsp3) is 0.400. The van der Waals surface area contributed by atoms with Crippen LogP contribution < -0.4 is 4.90 Å². The van der Waals surface area contributed by atoms with Crippen LogP contribution in [0.4, 0.5) is 5.69 Å². The average molecular weight is 197 g/mol. The predicted molar refractivity (Wildman–Crippen MR) is 58.3 cm³/mol. The maximum atomic E-state index is 8.88. The summed E-state index contributed by atoms with van der Waals surface area (Å²) in [7, 11) is 1.86. The predicted octanol–water partition coefficient (Wildman–Crippen LogP) is 2.18. The molecule has 0 spiro atoms. The molecule has 0 fully saturated rings. The number of nitrogens with zero attached hydrogens (tertiary/aromatic N) is 1. The summed E-state index contributed by atoms with van der Waals surface area (Å²) < 4.78 is 0. The summed E-state index contributed by atoms with van der Waals surface area (Å²) in [5.41, 5.74) is 1.04. The molecule has 3 heteroatoms. The molecule has 0 atom stereocenters. The van der Waals surface area contributed by atoms with Crippen LogP contribution >= 0.6 is 11.8 Å². The number of benzene rings is 1. The molecule has 1 aromatic rings. The maximum Gasteiger partial charge on any atom is 0.115 e. The molecule has 0 amide bonds. The van der Waals surface area contributed by atoms with Crippen LogP contribution in [0.25, 0.3) is 0 Å². The molecular formula is C10H15NOS. The minimum atomic E-state index is 0.0558. The zero-order valence-electron chi connectivity index (χ0n) is 8.03. The Morgan fingerprint density at radius 2 is 1.92 bits per heavy atom. The number of aliphatic hydroxyl groups excluding tert-OH is 1. The quantitative estimate of drug-likeness (QED) is 0.591. The van der Waals surface area contributed by atoms with E-state index < -0.39 is 0 Å². The van der Waals surface area contributed by atoms with Crippen molar-refractivity contribution >= 4 is 17.4 Å². The minimum Gasteiger partial charge on any atom is -0.376 e. The Morgan fingerprint density at radius 3 is 2.38 bits per heavy atom. The summed E-state index contributed by atoms with van der Waals surface area (Å²) in [5.74, 6) is 1.09. The lowest BCUT2D eigenvalue weighted by molar-refractivity contribution is 0.298. The van der Waals surface area contributed by atoms with Crippen molar-refractivity contribution in [3.8, 4) is 0 Å². The van der Waals surface area contributed by atoms with Gasteiger partial charge < -0.3 is 10.0 Å². The van der Waals surface area contributed by atoms with E-state index in [9.17, 15) is 0 Å². The van der Waals surface area contributed by atoms with E-state index in [2.05, 4.69) is 19.1 Å². The highest BCUT2D eigenvalue weighted by Gasteiger charge is 1.97. The van der Waals surface area contributed by atoms with Gasteiger partial charge in [-0.05, 0) is 30.0 Å². The minimum absolute atomic E-state index is 0.0558. The number of aliphatic hydroxyl groups is 1. The molecule has 0 radical (unpaired) electrons. The zero-order valence-corrected chi connectivity index (χ0v) is 8.84. The molecule has 0 aliphatic rings. The van der Waals surface area contributed by atoms with Gasteiger partial charge in [-0.15, -0.1) is 11.8 Å². The van der Waals surface area contributed by atoms with Gasteiger partial charge in [-0.2, -0.15) is 0 Å². The van der Waals surface area contributed by atoms with Crippen molar-refractivity contribution in [3.63, 3.8) is 0 Å². The summed E-state index contributed by atoms with van der Waals surface area (Å²) in [6.07, 6.45) is 0. The van der Waals surface area contributed by atoms with Gasteiger partial charge >= 0.3 is 0 Å². The highest BCUT2D eigenvalue weighted by molar-refractivity contribution is 7.99. The molecule has 0 aromatic heterocycles. The summed E-state index contributed by atoms with van der Waals surface area (Å²) in [5, 5.41) is 8.88. The lowest BCUT2D eigenvalue weighted by Gasteiger charge is -2.15. The summed E-state index contributed by atoms with van der Waals surface area (Å²) >= 11 is 1.82. The molecule has 1 N–H and O–H groups in total. The van der Waals surface area contributed by atoms with Crippen molar-refractivity contribution in [3.05, 3.63) is 24.3 Å². The van der Waals surface area contributed by atoms with Gasteiger partial charge in [0.15, 0.2) is 0 Å². The van der Waals surface area contributed by atoms with E-state index in [-0.39, 0.29) is 6.73 Å². The first-order valence-electron chi connectivity index (χ1n) is 4.32. The van der Waals surface area contributed by atoms with Crippen LogP contribution in [-0.2, 0) is 0 Å². The van der Waals surface area contributed by atoms with E-state index in [1.165, 1.54) is 4.90 Å². The SMILES string of the molecule is CCSc1ccc(N(C)CO)cc1. The van der Waals surface area contributed by atoms with Crippen LogP contribution in [0.3, 0.4) is 0 Å². The number of hydrogen-bond donors (Lipinski definition) is 1. The highest BCUT2D eigenvalue weighted by Crippen LogP contribution is 2.20. The molecule has 2 nitrogen and oxygen atoms in total. The Labute approximate surface area is 83.6 Å². The van der Waals surface area contributed by atoms with Gasteiger partial charge in [0.1, 0.15) is 6.73 Å². The van der Waals surface area contributed by atoms with E-state index in [0.29, 0.717) is 0 Å². The van der Waals surface area contributed by atoms with Gasteiger partial charge in [0.05, 0.1) is 0 Å². The monoisotopic (exact) mass is 197 g/mol. The third-order valence-corrected chi connectivity index (χ3v) is 2.69. The summed E-state index contributed by atoms with van der Waals surface area (Å²) in [6, 6.07) is 8.20. The van der Waals surface area contributed by atoms with Gasteiger partial charge in [0, 0.05) is 17.6 Å². The number of hydrogen-bond acceptors (Lipinski definition) is 3. The van der Waals surface area contributed by atoms with E-state index in [4.69, 9.17) is 5.11 Å². The van der Waals surface area contributed by atoms with Crippen LogP contribution in [0.2, 0.25) is 0 Å². The molecule has 13 heavy (non-hydrogen) atoms. The molecular weight excluding hydrogens is 182 g/mol. The molecule has 0 aliphatic carbocycles. The molecule has 72 valence electrons. The Kier molecular flexibility index (Phi) is 4.12. The van der Waals surface area contributed by atoms with Crippen molar-refractivity contribution in [2.24, 2.45) is 0 Å². The largest absolute Gasteiger partial charge is 0.376 e. The smallest absolute Gasteiger partial charge is 0.115 e. The Balaban J connectivity index is 2.69. The van der Waals surface area contributed by atoms with E-state index >= 15 is 0 Å². The Bertz CT molecular complexity index is 248. The van der Waals surface area contributed by atoms with Crippen molar-refractivity contribution in [2.45, 2.75) is 11.8 Å². The molecule has 1 rings (SSSR count). The summed E-state index contributed by atoms with van der Waals surface area (Å²) in [4.78, 5) is 3.07. The van der Waals surface area contributed by atoms with Crippen molar-refractivity contribution in [1.29, 1.82) is 0 Å². The van der Waals surface area contributed by atoms with Crippen molar-refractivity contribution in [1.82, 2.24) is 0 Å². The molecule has 0 unspecified atom stereocenters. The van der Waals surface area contributed by atoms with Crippen molar-refractivity contribution < 1.29 is 5.11 Å². The van der Waals surface area contributed by atoms with Gasteiger partial charge in [-0.25, -0.2) is 0 Å². The number of thioether (sulfide) groups is 1. The van der Waals surface area contributed by atoms with Crippen LogP contribution in [0.5, 0.6) is 0 Å². The topological polar surface area (TPSA) is 23.5 Å². The average Bonchev–Trinajstić information content (AvgIpc) is 2.18. The fourth-order valence-corrected chi connectivity index (χ4v) is 1.71. The normalized spacial score (nSPS) is 10.1. The second-order valence-electron chi connectivity index (χ2n) is 2.77. The fourth-order valence-electron chi connectivity index (χ4n) is 1.05. The second-order valence-corrected chi connectivity index (χ2v) is 4.10. The summed E-state index contributed by atoms with van der Waals surface area (Å²) in [6.45, 7) is 2.19. The van der Waals surface area contributed by atoms with E-state index in [0.717, 1.165) is 11.4 Å². The van der Waals surface area contributed by atoms with Gasteiger partial charge in [-0.3, -0.25) is 0 Å². The van der Waals surface area contributed by atoms with Crippen LogP contribution in [0, 0.1) is 0 Å². The first-order chi connectivity index (χ1) is 6.27. The highest BCUT2D eigenvalue weighted by atomic mass is 32.2.